The van der Waals surface area contributed by atoms with Crippen molar-refractivity contribution >= 4 is 40.1 Å². The van der Waals surface area contributed by atoms with Crippen molar-refractivity contribution in [1.29, 1.82) is 0 Å². The lowest BCUT2D eigenvalue weighted by Gasteiger charge is -2.33. The third-order valence-corrected chi connectivity index (χ3v) is 4.30. The number of hydrogen-bond acceptors (Lipinski definition) is 5. The number of anilines is 1. The molecule has 2 N–H and O–H groups in total. The number of fused-ring (bicyclic) bond motifs is 1. The van der Waals surface area contributed by atoms with Crippen molar-refractivity contribution in [1.82, 2.24) is 4.98 Å². The zero-order valence-electron chi connectivity index (χ0n) is 12.2. The molecule has 1 amide bonds. The Bertz CT molecular complexity index is 757. The second-order valence-electron chi connectivity index (χ2n) is 5.09. The Morgan fingerprint density at radius 1 is 1.55 bits per heavy atom. The molecule has 0 bridgehead atoms. The summed E-state index contributed by atoms with van der Waals surface area (Å²) in [6.07, 6.45) is -0.547. The molecular weight excluding hydrogens is 318 g/mol. The van der Waals surface area contributed by atoms with Gasteiger partial charge in [0.25, 0.3) is 5.91 Å². The van der Waals surface area contributed by atoms with E-state index < -0.39 is 6.10 Å². The van der Waals surface area contributed by atoms with Gasteiger partial charge in [0.15, 0.2) is 6.10 Å². The first kappa shape index (κ1) is 14.9. The molecule has 5 nitrogen and oxygen atoms in total. The van der Waals surface area contributed by atoms with E-state index in [0.29, 0.717) is 11.4 Å². The fourth-order valence-electron chi connectivity index (χ4n) is 2.38. The quantitative estimate of drug-likeness (QED) is 0.874. The van der Waals surface area contributed by atoms with Crippen LogP contribution in [0.3, 0.4) is 0 Å². The van der Waals surface area contributed by atoms with Gasteiger partial charge in [0.2, 0.25) is 0 Å². The minimum atomic E-state index is -0.547. The molecule has 22 heavy (non-hydrogen) atoms. The van der Waals surface area contributed by atoms with E-state index in [0.717, 1.165) is 16.3 Å². The highest BCUT2D eigenvalue weighted by Gasteiger charge is 2.32. The monoisotopic (exact) mass is 333 g/mol. The Labute approximate surface area is 137 Å². The number of nitrogens with two attached hydrogens (primary N) is 1. The number of thiazole rings is 1. The molecule has 3 rings (SSSR count). The normalized spacial score (nSPS) is 17.1. The van der Waals surface area contributed by atoms with Gasteiger partial charge in [-0.3, -0.25) is 9.69 Å². The highest BCUT2D eigenvalue weighted by Crippen LogP contribution is 2.37. The lowest BCUT2D eigenvalue weighted by molar-refractivity contribution is -0.125. The third kappa shape index (κ3) is 2.69. The summed E-state index contributed by atoms with van der Waals surface area (Å²) in [6, 6.07) is 5.69. The summed E-state index contributed by atoms with van der Waals surface area (Å²) in [6.45, 7) is 3.88. The number of thiocarbonyl (C=S) groups is 1. The molecule has 2 aromatic rings. The molecule has 7 heteroatoms. The fourth-order valence-corrected chi connectivity index (χ4v) is 3.13. The van der Waals surface area contributed by atoms with Crippen molar-refractivity contribution in [3.63, 3.8) is 0 Å². The first-order chi connectivity index (χ1) is 10.5. The maximum Gasteiger partial charge on any atom is 0.268 e. The van der Waals surface area contributed by atoms with Crippen molar-refractivity contribution in [3.8, 4) is 17.0 Å². The van der Waals surface area contributed by atoms with E-state index in [9.17, 15) is 4.79 Å². The summed E-state index contributed by atoms with van der Waals surface area (Å²) >= 11 is 6.54. The molecule has 0 fully saturated rings. The van der Waals surface area contributed by atoms with Crippen LogP contribution >= 0.6 is 23.6 Å². The number of aromatic nitrogens is 1. The summed E-state index contributed by atoms with van der Waals surface area (Å²) in [5, 5.41) is 2.98. The second-order valence-corrected chi connectivity index (χ2v) is 6.67. The predicted molar refractivity (Wildman–Crippen MR) is 91.5 cm³/mol. The van der Waals surface area contributed by atoms with Crippen LogP contribution in [-0.4, -0.2) is 28.5 Å². The van der Waals surface area contributed by atoms with Crippen molar-refractivity contribution in [3.05, 3.63) is 28.6 Å². The standard InChI is InChI=1S/C15H15N3O2S2/c1-8-15(19)18(6-14(16)21)12-5-10(3-4-13(12)20-8)11-7-22-9(2)17-11/h3-5,7-8H,6H2,1-2H3,(H2,16,21). The van der Waals surface area contributed by atoms with E-state index >= 15 is 0 Å². The molecule has 0 saturated heterocycles. The topological polar surface area (TPSA) is 68.5 Å². The molecular formula is C15H15N3O2S2. The summed E-state index contributed by atoms with van der Waals surface area (Å²) in [5.74, 6) is 0.506. The minimum Gasteiger partial charge on any atom is -0.479 e. The van der Waals surface area contributed by atoms with Crippen molar-refractivity contribution < 1.29 is 9.53 Å². The van der Waals surface area contributed by atoms with Gasteiger partial charge in [0, 0.05) is 10.9 Å². The van der Waals surface area contributed by atoms with Crippen LogP contribution < -0.4 is 15.4 Å². The number of aryl methyl sites for hydroxylation is 1. The predicted octanol–water partition coefficient (Wildman–Crippen LogP) is 2.52. The van der Waals surface area contributed by atoms with E-state index in [-0.39, 0.29) is 17.4 Å². The van der Waals surface area contributed by atoms with Crippen LogP contribution in [-0.2, 0) is 4.79 Å². The van der Waals surface area contributed by atoms with Gasteiger partial charge in [0.1, 0.15) is 5.75 Å². The van der Waals surface area contributed by atoms with Crippen molar-refractivity contribution in [2.75, 3.05) is 11.4 Å². The number of carbonyl (C=O) groups excluding carboxylic acids is 1. The molecule has 1 aromatic heterocycles. The zero-order valence-corrected chi connectivity index (χ0v) is 13.8. The molecule has 2 heterocycles. The maximum absolute atomic E-state index is 12.3. The summed E-state index contributed by atoms with van der Waals surface area (Å²) in [4.78, 5) is 18.7. The van der Waals surface area contributed by atoms with Crippen molar-refractivity contribution in [2.24, 2.45) is 5.73 Å². The van der Waals surface area contributed by atoms with Gasteiger partial charge in [-0.2, -0.15) is 0 Å². The molecule has 1 aliphatic rings. The average Bonchev–Trinajstić information content (AvgIpc) is 2.90. The molecule has 114 valence electrons. The third-order valence-electron chi connectivity index (χ3n) is 3.40. The van der Waals surface area contributed by atoms with E-state index in [1.165, 1.54) is 0 Å². The van der Waals surface area contributed by atoms with Gasteiger partial charge in [-0.1, -0.05) is 12.2 Å². The first-order valence-corrected chi connectivity index (χ1v) is 8.07. The van der Waals surface area contributed by atoms with Crippen LogP contribution in [0.2, 0.25) is 0 Å². The van der Waals surface area contributed by atoms with Crippen LogP contribution in [0.15, 0.2) is 23.6 Å². The number of benzene rings is 1. The van der Waals surface area contributed by atoms with Crippen LogP contribution in [0.5, 0.6) is 5.75 Å². The zero-order chi connectivity index (χ0) is 15.9. The number of amides is 1. The number of ether oxygens (including phenoxy) is 1. The van der Waals surface area contributed by atoms with E-state index in [2.05, 4.69) is 4.98 Å². The molecule has 1 atom stereocenters. The van der Waals surface area contributed by atoms with Gasteiger partial charge >= 0.3 is 0 Å². The molecule has 1 aliphatic heterocycles. The largest absolute Gasteiger partial charge is 0.479 e. The van der Waals surface area contributed by atoms with E-state index in [1.54, 1.807) is 23.2 Å². The molecule has 0 aliphatic carbocycles. The highest BCUT2D eigenvalue weighted by atomic mass is 32.1. The van der Waals surface area contributed by atoms with Crippen LogP contribution in [0.4, 0.5) is 5.69 Å². The maximum atomic E-state index is 12.3. The Morgan fingerprint density at radius 2 is 2.32 bits per heavy atom. The molecule has 0 radical (unpaired) electrons. The number of carbonyl (C=O) groups is 1. The van der Waals surface area contributed by atoms with Gasteiger partial charge in [-0.15, -0.1) is 11.3 Å². The number of rotatable bonds is 3. The lowest BCUT2D eigenvalue weighted by Crippen LogP contribution is -2.47. The lowest BCUT2D eigenvalue weighted by atomic mass is 10.1. The van der Waals surface area contributed by atoms with Crippen LogP contribution in [0, 0.1) is 6.92 Å². The molecule has 1 unspecified atom stereocenters. The number of nitrogens with zero attached hydrogens (tertiary/aromatic N) is 2. The van der Waals surface area contributed by atoms with E-state index in [4.69, 9.17) is 22.7 Å². The Hall–Kier alpha value is -1.99. The molecule has 0 spiro atoms. The molecule has 0 saturated carbocycles. The van der Waals surface area contributed by atoms with Crippen molar-refractivity contribution in [2.45, 2.75) is 20.0 Å². The Kier molecular flexibility index (Phi) is 3.84. The summed E-state index contributed by atoms with van der Waals surface area (Å²) < 4.78 is 5.66. The smallest absolute Gasteiger partial charge is 0.268 e. The average molecular weight is 333 g/mol. The van der Waals surface area contributed by atoms with E-state index in [1.807, 2.05) is 30.5 Å². The van der Waals surface area contributed by atoms with Crippen LogP contribution in [0.1, 0.15) is 11.9 Å². The fraction of sp³-hybridized carbons (Fsp3) is 0.267. The van der Waals surface area contributed by atoms with Gasteiger partial charge in [-0.25, -0.2) is 4.98 Å². The van der Waals surface area contributed by atoms with Crippen LogP contribution in [0.25, 0.3) is 11.3 Å². The Balaban J connectivity index is 2.06. The molecule has 1 aromatic carbocycles. The SMILES string of the molecule is Cc1nc(-c2ccc3c(c2)N(CC(N)=S)C(=O)C(C)O3)cs1. The minimum absolute atomic E-state index is 0.146. The Morgan fingerprint density at radius 3 is 2.95 bits per heavy atom. The van der Waals surface area contributed by atoms with Gasteiger partial charge in [0.05, 0.1) is 27.9 Å². The highest BCUT2D eigenvalue weighted by molar-refractivity contribution is 7.80. The summed E-state index contributed by atoms with van der Waals surface area (Å²) in [5.41, 5.74) is 8.12. The van der Waals surface area contributed by atoms with Gasteiger partial charge < -0.3 is 10.5 Å². The summed E-state index contributed by atoms with van der Waals surface area (Å²) in [7, 11) is 0. The first-order valence-electron chi connectivity index (χ1n) is 6.78. The number of hydrogen-bond donors (Lipinski definition) is 1. The van der Waals surface area contributed by atoms with Gasteiger partial charge in [-0.05, 0) is 32.0 Å². The second kappa shape index (κ2) is 5.66.